The van der Waals surface area contributed by atoms with Crippen LogP contribution in [0.5, 0.6) is 0 Å². The van der Waals surface area contributed by atoms with Crippen LogP contribution in [-0.4, -0.2) is 52.0 Å². The van der Waals surface area contributed by atoms with Crippen molar-refractivity contribution in [3.63, 3.8) is 0 Å². The number of nitrogens with one attached hydrogen (secondary N) is 1. The Labute approximate surface area is 231 Å². The molecule has 8 nitrogen and oxygen atoms in total. The largest absolute Gasteiger partial charge is 0.348 e. The smallest absolute Gasteiger partial charge is 0.140 e. The fourth-order valence-corrected chi connectivity index (χ4v) is 5.33. The van der Waals surface area contributed by atoms with Crippen LogP contribution in [-0.2, 0) is 40.3 Å². The summed E-state index contributed by atoms with van der Waals surface area (Å²) in [6, 6.07) is 15.5. The molecule has 0 spiro atoms. The molecule has 5 rings (SSSR count). The summed E-state index contributed by atoms with van der Waals surface area (Å²) in [5.74, 6) is 2.98. The Bertz CT molecular complexity index is 1470. The van der Waals surface area contributed by atoms with Crippen LogP contribution < -0.4 is 0 Å². The molecule has 0 aliphatic heterocycles. The molecule has 1 N–H and O–H groups in total. The van der Waals surface area contributed by atoms with Crippen molar-refractivity contribution in [3.05, 3.63) is 90.0 Å². The fourth-order valence-electron chi connectivity index (χ4n) is 5.33. The molecule has 39 heavy (non-hydrogen) atoms. The second-order valence-corrected chi connectivity index (χ2v) is 10.4. The third-order valence-corrected chi connectivity index (χ3v) is 7.24. The van der Waals surface area contributed by atoms with Gasteiger partial charge in [-0.2, -0.15) is 0 Å². The fraction of sp³-hybridized carbons (Fsp3) is 0.387. The van der Waals surface area contributed by atoms with E-state index < -0.39 is 0 Å². The van der Waals surface area contributed by atoms with Gasteiger partial charge in [0.05, 0.1) is 24.1 Å². The number of aromatic amines is 1. The molecular weight excluding hydrogens is 484 g/mol. The molecule has 3 aromatic heterocycles. The van der Waals surface area contributed by atoms with Crippen LogP contribution >= 0.6 is 0 Å². The number of rotatable bonds is 13. The van der Waals surface area contributed by atoms with Crippen LogP contribution in [0.4, 0.5) is 0 Å². The predicted octanol–water partition coefficient (Wildman–Crippen LogP) is 5.52. The van der Waals surface area contributed by atoms with Crippen molar-refractivity contribution in [2.24, 2.45) is 14.1 Å². The summed E-state index contributed by atoms with van der Waals surface area (Å²) in [5.41, 5.74) is 5.89. The molecule has 2 aromatic carbocycles. The quantitative estimate of drug-likeness (QED) is 0.220. The summed E-state index contributed by atoms with van der Waals surface area (Å²) >= 11 is 0. The molecule has 8 heteroatoms. The maximum absolute atomic E-state index is 5.04. The Morgan fingerprint density at radius 1 is 0.821 bits per heavy atom. The van der Waals surface area contributed by atoms with Crippen LogP contribution in [0, 0.1) is 0 Å². The van der Waals surface area contributed by atoms with E-state index in [2.05, 4.69) is 97.2 Å². The zero-order valence-electron chi connectivity index (χ0n) is 23.6. The van der Waals surface area contributed by atoms with Gasteiger partial charge in [-0.25, -0.2) is 15.0 Å². The Kier molecular flexibility index (Phi) is 8.54. The molecule has 5 aromatic rings. The molecule has 0 fully saturated rings. The van der Waals surface area contributed by atoms with E-state index in [0.717, 1.165) is 66.8 Å². The van der Waals surface area contributed by atoms with Gasteiger partial charge in [-0.15, -0.1) is 0 Å². The lowest BCUT2D eigenvalue weighted by Crippen LogP contribution is -2.24. The maximum atomic E-state index is 5.04. The second kappa shape index (κ2) is 12.4. The molecule has 0 aliphatic rings. The number of aryl methyl sites for hydroxylation is 2. The van der Waals surface area contributed by atoms with Crippen molar-refractivity contribution in [1.82, 2.24) is 38.9 Å². The van der Waals surface area contributed by atoms with Crippen LogP contribution in [0.1, 0.15) is 49.5 Å². The van der Waals surface area contributed by atoms with E-state index >= 15 is 0 Å². The van der Waals surface area contributed by atoms with Gasteiger partial charge in [-0.3, -0.25) is 9.80 Å². The number of hydrogen-bond donors (Lipinski definition) is 1. The van der Waals surface area contributed by atoms with Crippen molar-refractivity contribution in [2.45, 2.75) is 52.9 Å². The molecule has 0 aliphatic carbocycles. The van der Waals surface area contributed by atoms with Crippen LogP contribution in [0.25, 0.3) is 22.4 Å². The molecule has 0 radical (unpaired) electrons. The molecule has 0 amide bonds. The van der Waals surface area contributed by atoms with Gasteiger partial charge < -0.3 is 14.1 Å². The monoisotopic (exact) mass is 524 g/mol. The lowest BCUT2D eigenvalue weighted by Gasteiger charge is -2.21. The molecule has 0 bridgehead atoms. The summed E-state index contributed by atoms with van der Waals surface area (Å²) in [6.45, 7) is 9.97. The Balaban J connectivity index is 1.39. The van der Waals surface area contributed by atoms with Crippen molar-refractivity contribution in [1.29, 1.82) is 0 Å². The van der Waals surface area contributed by atoms with Gasteiger partial charge in [0.2, 0.25) is 0 Å². The number of H-pyrrole nitrogens is 1. The first kappa shape index (κ1) is 26.8. The summed E-state index contributed by atoms with van der Waals surface area (Å²) in [7, 11) is 4.16. The van der Waals surface area contributed by atoms with Crippen LogP contribution in [0.2, 0.25) is 0 Å². The molecule has 3 heterocycles. The first-order valence-corrected chi connectivity index (χ1v) is 14.0. The van der Waals surface area contributed by atoms with E-state index in [1.807, 2.05) is 25.6 Å². The minimum Gasteiger partial charge on any atom is -0.348 e. The average Bonchev–Trinajstić information content (AvgIpc) is 3.66. The van der Waals surface area contributed by atoms with E-state index in [4.69, 9.17) is 4.98 Å². The number of hydrogen-bond acceptors (Lipinski definition) is 5. The van der Waals surface area contributed by atoms with Gasteiger partial charge in [0.15, 0.2) is 0 Å². The lowest BCUT2D eigenvalue weighted by atomic mass is 10.1. The first-order chi connectivity index (χ1) is 19.0. The molecule has 0 saturated carbocycles. The maximum Gasteiger partial charge on any atom is 0.140 e. The van der Waals surface area contributed by atoms with E-state index in [1.165, 1.54) is 24.0 Å². The zero-order valence-corrected chi connectivity index (χ0v) is 23.6. The Morgan fingerprint density at radius 3 is 2.33 bits per heavy atom. The predicted molar refractivity (Wildman–Crippen MR) is 157 cm³/mol. The zero-order chi connectivity index (χ0) is 27.2. The van der Waals surface area contributed by atoms with Crippen molar-refractivity contribution >= 4 is 11.0 Å². The minimum atomic E-state index is 0.717. The molecule has 204 valence electrons. The number of nitrogens with zero attached hydrogens (tertiary/aromatic N) is 7. The van der Waals surface area contributed by atoms with E-state index in [-0.39, 0.29) is 0 Å². The van der Waals surface area contributed by atoms with Gasteiger partial charge in [-0.05, 0) is 55.3 Å². The second-order valence-electron chi connectivity index (χ2n) is 10.4. The summed E-state index contributed by atoms with van der Waals surface area (Å²) in [4.78, 5) is 22.2. The van der Waals surface area contributed by atoms with E-state index in [0.29, 0.717) is 6.54 Å². The SMILES string of the molecule is CCCN(CCC)Cc1cccc(-c2nc3ccc(CN(Cc4ncc[nH]4)Cc4nccn4C)cc3n2C)c1. The Morgan fingerprint density at radius 2 is 1.62 bits per heavy atom. The minimum absolute atomic E-state index is 0.717. The molecule has 0 saturated heterocycles. The number of benzene rings is 2. The lowest BCUT2D eigenvalue weighted by molar-refractivity contribution is 0.233. The standard InChI is InChI=1S/C31H40N8/c1-5-15-38(16-6-2)20-24-8-7-9-26(18-24)31-35-27-11-10-25(19-28(27)37(31)4)21-39(22-29-32-12-13-33-29)23-30-34-14-17-36(30)3/h7-14,17-19H,5-6,15-16,20-23H2,1-4H3,(H,32,33). The molecule has 0 atom stereocenters. The van der Waals surface area contributed by atoms with Gasteiger partial charge in [0.25, 0.3) is 0 Å². The summed E-state index contributed by atoms with van der Waals surface area (Å²) in [5, 5.41) is 0. The van der Waals surface area contributed by atoms with Gasteiger partial charge in [0.1, 0.15) is 17.5 Å². The highest BCUT2D eigenvalue weighted by Crippen LogP contribution is 2.26. The van der Waals surface area contributed by atoms with Gasteiger partial charge >= 0.3 is 0 Å². The van der Waals surface area contributed by atoms with E-state index in [1.54, 1.807) is 6.20 Å². The highest BCUT2D eigenvalue weighted by atomic mass is 15.2. The molecule has 0 unspecified atom stereocenters. The van der Waals surface area contributed by atoms with Gasteiger partial charge in [0, 0.05) is 57.5 Å². The number of fused-ring (bicyclic) bond motifs is 1. The third-order valence-electron chi connectivity index (χ3n) is 7.24. The Hall–Kier alpha value is -3.75. The first-order valence-electron chi connectivity index (χ1n) is 14.0. The molecular formula is C31H40N8. The van der Waals surface area contributed by atoms with Crippen LogP contribution in [0.15, 0.2) is 67.3 Å². The van der Waals surface area contributed by atoms with Gasteiger partial charge in [-0.1, -0.05) is 38.1 Å². The summed E-state index contributed by atoms with van der Waals surface area (Å²) in [6.07, 6.45) is 9.86. The summed E-state index contributed by atoms with van der Waals surface area (Å²) < 4.78 is 4.30. The van der Waals surface area contributed by atoms with Crippen LogP contribution in [0.3, 0.4) is 0 Å². The topological polar surface area (TPSA) is 70.8 Å². The van der Waals surface area contributed by atoms with Crippen molar-refractivity contribution in [3.8, 4) is 11.4 Å². The third kappa shape index (κ3) is 6.46. The van der Waals surface area contributed by atoms with Crippen molar-refractivity contribution < 1.29 is 0 Å². The number of imidazole rings is 3. The normalized spacial score (nSPS) is 11.8. The highest BCUT2D eigenvalue weighted by molar-refractivity contribution is 5.81. The number of aromatic nitrogens is 6. The average molecular weight is 525 g/mol. The highest BCUT2D eigenvalue weighted by Gasteiger charge is 2.15. The van der Waals surface area contributed by atoms with Crippen molar-refractivity contribution in [2.75, 3.05) is 13.1 Å². The van der Waals surface area contributed by atoms with E-state index in [9.17, 15) is 0 Å².